The molecule has 0 aliphatic heterocycles. The minimum absolute atomic E-state index is 0.184. The zero-order valence-corrected chi connectivity index (χ0v) is 7.32. The van der Waals surface area contributed by atoms with Crippen LogP contribution in [0.15, 0.2) is 12.1 Å². The van der Waals surface area contributed by atoms with Gasteiger partial charge in [0.2, 0.25) is 0 Å². The van der Waals surface area contributed by atoms with Crippen LogP contribution in [0.4, 0.5) is 26.3 Å². The van der Waals surface area contributed by atoms with E-state index in [1.165, 1.54) is 0 Å². The average Bonchev–Trinajstić information content (AvgIpc) is 2.14. The maximum absolute atomic E-state index is 12.2. The van der Waals surface area contributed by atoms with Crippen molar-refractivity contribution in [2.24, 2.45) is 0 Å². The summed E-state index contributed by atoms with van der Waals surface area (Å²) in [6.45, 7) is 0. The number of hydrogen-bond acceptors (Lipinski definition) is 2. The highest BCUT2D eigenvalue weighted by molar-refractivity contribution is 5.35. The molecule has 86 valence electrons. The van der Waals surface area contributed by atoms with E-state index in [9.17, 15) is 26.3 Å². The topological polar surface area (TPSA) is 36.7 Å². The van der Waals surface area contributed by atoms with Crippen molar-refractivity contribution >= 4 is 0 Å². The summed E-state index contributed by atoms with van der Waals surface area (Å²) < 4.78 is 72.8. The molecule has 0 radical (unpaired) electrons. The Hall–Kier alpha value is -1.78. The van der Waals surface area contributed by atoms with E-state index in [4.69, 9.17) is 5.26 Å². The summed E-state index contributed by atoms with van der Waals surface area (Å²) in [4.78, 5) is 2.62. The summed E-state index contributed by atoms with van der Waals surface area (Å²) in [6, 6.07) is 1.36. The Morgan fingerprint density at radius 3 is 1.94 bits per heavy atom. The molecule has 1 rings (SSSR count). The first-order chi connectivity index (χ1) is 7.16. The Balaban J connectivity index is 3.36. The van der Waals surface area contributed by atoms with Gasteiger partial charge in [0.25, 0.3) is 0 Å². The lowest BCUT2D eigenvalue weighted by Crippen LogP contribution is -2.14. The number of aromatic nitrogens is 1. The van der Waals surface area contributed by atoms with Gasteiger partial charge in [0.05, 0.1) is 5.56 Å². The molecular weight excluding hydrogens is 238 g/mol. The average molecular weight is 240 g/mol. The molecule has 0 spiro atoms. The fourth-order valence-electron chi connectivity index (χ4n) is 0.931. The maximum Gasteiger partial charge on any atom is 0.433 e. The predicted molar refractivity (Wildman–Crippen MR) is 39.0 cm³/mol. The minimum Gasteiger partial charge on any atom is -0.232 e. The molecule has 0 aliphatic rings. The quantitative estimate of drug-likeness (QED) is 0.653. The third kappa shape index (κ3) is 2.42. The van der Waals surface area contributed by atoms with Crippen LogP contribution in [0.2, 0.25) is 0 Å². The molecule has 2 nitrogen and oxygen atoms in total. The van der Waals surface area contributed by atoms with E-state index < -0.39 is 29.3 Å². The van der Waals surface area contributed by atoms with Gasteiger partial charge in [0, 0.05) is 0 Å². The molecule has 1 heterocycles. The van der Waals surface area contributed by atoms with Crippen molar-refractivity contribution in [3.8, 4) is 6.07 Å². The summed E-state index contributed by atoms with van der Waals surface area (Å²) in [7, 11) is 0. The Morgan fingerprint density at radius 2 is 1.56 bits per heavy atom. The maximum atomic E-state index is 12.2. The lowest BCUT2D eigenvalue weighted by molar-refractivity contribution is -0.144. The largest absolute Gasteiger partial charge is 0.433 e. The molecule has 1 aromatic rings. The van der Waals surface area contributed by atoms with Crippen LogP contribution in [-0.4, -0.2) is 4.98 Å². The molecule has 0 amide bonds. The molecule has 0 unspecified atom stereocenters. The van der Waals surface area contributed by atoms with Crippen LogP contribution in [0.5, 0.6) is 0 Å². The molecule has 1 aromatic heterocycles. The van der Waals surface area contributed by atoms with Gasteiger partial charge in [-0.05, 0) is 12.1 Å². The Labute approximate surface area is 85.1 Å². The number of rotatable bonds is 0. The van der Waals surface area contributed by atoms with E-state index in [1.54, 1.807) is 0 Å². The van der Waals surface area contributed by atoms with E-state index in [1.807, 2.05) is 0 Å². The monoisotopic (exact) mass is 240 g/mol. The molecule has 0 saturated carbocycles. The highest BCUT2D eigenvalue weighted by Gasteiger charge is 2.38. The fourth-order valence-corrected chi connectivity index (χ4v) is 0.931. The van der Waals surface area contributed by atoms with Crippen LogP contribution in [-0.2, 0) is 12.4 Å². The van der Waals surface area contributed by atoms with Crippen molar-refractivity contribution < 1.29 is 26.3 Å². The number of halogens is 6. The highest BCUT2D eigenvalue weighted by Crippen LogP contribution is 2.34. The zero-order chi connectivity index (χ0) is 12.6. The van der Waals surface area contributed by atoms with Crippen LogP contribution in [0, 0.1) is 11.3 Å². The Kier molecular flexibility index (Phi) is 2.81. The second kappa shape index (κ2) is 3.66. The van der Waals surface area contributed by atoms with Crippen molar-refractivity contribution in [2.75, 3.05) is 0 Å². The van der Waals surface area contributed by atoms with Gasteiger partial charge in [-0.25, -0.2) is 4.98 Å². The van der Waals surface area contributed by atoms with E-state index in [-0.39, 0.29) is 12.1 Å². The number of nitrogens with zero attached hydrogens (tertiary/aromatic N) is 2. The standard InChI is InChI=1S/C8H2F6N2/c9-7(10,11)4-1-2-6(8(12,13)14)16-5(4)3-15/h1-2H. The third-order valence-electron chi connectivity index (χ3n) is 1.60. The highest BCUT2D eigenvalue weighted by atomic mass is 19.4. The van der Waals surface area contributed by atoms with Gasteiger partial charge < -0.3 is 0 Å². The van der Waals surface area contributed by atoms with Gasteiger partial charge in [-0.15, -0.1) is 0 Å². The summed E-state index contributed by atoms with van der Waals surface area (Å²) >= 11 is 0. The summed E-state index contributed by atoms with van der Waals surface area (Å²) in [5.41, 5.74) is -4.30. The van der Waals surface area contributed by atoms with Crippen molar-refractivity contribution in [3.63, 3.8) is 0 Å². The molecular formula is C8H2F6N2. The lowest BCUT2D eigenvalue weighted by Gasteiger charge is -2.10. The van der Waals surface area contributed by atoms with Crippen LogP contribution in [0.1, 0.15) is 17.0 Å². The Morgan fingerprint density at radius 1 is 1.00 bits per heavy atom. The first-order valence-corrected chi connectivity index (χ1v) is 3.72. The van der Waals surface area contributed by atoms with Crippen molar-refractivity contribution in [2.45, 2.75) is 12.4 Å². The van der Waals surface area contributed by atoms with Gasteiger partial charge in [0.1, 0.15) is 11.8 Å². The zero-order valence-electron chi connectivity index (χ0n) is 7.32. The fraction of sp³-hybridized carbons (Fsp3) is 0.250. The van der Waals surface area contributed by atoms with Gasteiger partial charge >= 0.3 is 12.4 Å². The predicted octanol–water partition coefficient (Wildman–Crippen LogP) is 2.99. The van der Waals surface area contributed by atoms with Crippen molar-refractivity contribution in [1.82, 2.24) is 4.98 Å². The van der Waals surface area contributed by atoms with Crippen LogP contribution in [0.3, 0.4) is 0 Å². The number of pyridine rings is 1. The van der Waals surface area contributed by atoms with E-state index in [0.717, 1.165) is 6.07 Å². The first kappa shape index (κ1) is 12.3. The SMILES string of the molecule is N#Cc1nc(C(F)(F)F)ccc1C(F)(F)F. The number of nitriles is 1. The molecule has 0 atom stereocenters. The summed E-state index contributed by atoms with van der Waals surface area (Å²) in [5.74, 6) is 0. The number of alkyl halides is 6. The van der Waals surface area contributed by atoms with E-state index in [2.05, 4.69) is 4.98 Å². The van der Waals surface area contributed by atoms with Crippen molar-refractivity contribution in [1.29, 1.82) is 5.26 Å². The second-order valence-corrected chi connectivity index (χ2v) is 2.70. The van der Waals surface area contributed by atoms with Crippen LogP contribution < -0.4 is 0 Å². The van der Waals surface area contributed by atoms with E-state index in [0.29, 0.717) is 0 Å². The number of hydrogen-bond donors (Lipinski definition) is 0. The molecule has 8 heteroatoms. The molecule has 0 N–H and O–H groups in total. The van der Waals surface area contributed by atoms with Gasteiger partial charge in [-0.2, -0.15) is 31.6 Å². The van der Waals surface area contributed by atoms with Crippen molar-refractivity contribution in [3.05, 3.63) is 29.1 Å². The van der Waals surface area contributed by atoms with Gasteiger partial charge in [0.15, 0.2) is 5.69 Å². The molecule has 0 fully saturated rings. The van der Waals surface area contributed by atoms with Gasteiger partial charge in [-0.1, -0.05) is 0 Å². The van der Waals surface area contributed by atoms with Crippen LogP contribution >= 0.6 is 0 Å². The minimum atomic E-state index is -4.90. The summed E-state index contributed by atoms with van der Waals surface area (Å²) in [5, 5.41) is 8.29. The third-order valence-corrected chi connectivity index (χ3v) is 1.60. The molecule has 0 bridgehead atoms. The lowest BCUT2D eigenvalue weighted by atomic mass is 10.1. The van der Waals surface area contributed by atoms with E-state index >= 15 is 0 Å². The summed E-state index contributed by atoms with van der Waals surface area (Å²) in [6.07, 6.45) is -9.78. The first-order valence-electron chi connectivity index (χ1n) is 3.72. The Bertz CT molecular complexity index is 439. The smallest absolute Gasteiger partial charge is 0.232 e. The van der Waals surface area contributed by atoms with Crippen LogP contribution in [0.25, 0.3) is 0 Å². The normalized spacial score (nSPS) is 12.3. The van der Waals surface area contributed by atoms with Gasteiger partial charge in [-0.3, -0.25) is 0 Å². The molecule has 0 aromatic carbocycles. The second-order valence-electron chi connectivity index (χ2n) is 2.70. The molecule has 0 saturated heterocycles. The molecule has 0 aliphatic carbocycles. The molecule has 16 heavy (non-hydrogen) atoms.